The van der Waals surface area contributed by atoms with Gasteiger partial charge in [-0.15, -0.1) is 0 Å². The SMILES string of the molecule is Cc1ccc(OCCOc2ccc(Cl)cc2C=C2C(=O)NC(=S)NC2=O)c(C)c1. The van der Waals surface area contributed by atoms with Gasteiger partial charge >= 0.3 is 0 Å². The first-order valence-electron chi connectivity index (χ1n) is 8.84. The maximum absolute atomic E-state index is 12.1. The third-order valence-corrected chi connectivity index (χ3v) is 4.58. The fourth-order valence-electron chi connectivity index (χ4n) is 2.79. The van der Waals surface area contributed by atoms with E-state index in [1.807, 2.05) is 32.0 Å². The second kappa shape index (κ2) is 9.07. The number of halogens is 1. The predicted octanol–water partition coefficient (Wildman–Crippen LogP) is 3.33. The summed E-state index contributed by atoms with van der Waals surface area (Å²) in [6, 6.07) is 10.9. The molecule has 0 radical (unpaired) electrons. The lowest BCUT2D eigenvalue weighted by Crippen LogP contribution is -2.51. The molecular formula is C21H19ClN2O4S. The summed E-state index contributed by atoms with van der Waals surface area (Å²) in [5, 5.41) is 5.21. The van der Waals surface area contributed by atoms with E-state index in [0.29, 0.717) is 22.9 Å². The lowest BCUT2D eigenvalue weighted by Gasteiger charge is -2.17. The standard InChI is InChI=1S/C21H19ClN2O4S/c1-12-3-5-17(13(2)9-12)27-7-8-28-18-6-4-15(22)10-14(18)11-16-19(25)23-21(29)24-20(16)26/h3-6,9-11H,7-8H2,1-2H3,(H2,23,24,25,26,29). The Morgan fingerprint density at radius 3 is 2.24 bits per heavy atom. The highest BCUT2D eigenvalue weighted by Crippen LogP contribution is 2.26. The monoisotopic (exact) mass is 430 g/mol. The number of carbonyl (C=O) groups excluding carboxylic acids is 2. The van der Waals surface area contributed by atoms with E-state index in [4.69, 9.17) is 33.3 Å². The van der Waals surface area contributed by atoms with Crippen molar-refractivity contribution in [1.82, 2.24) is 10.6 Å². The van der Waals surface area contributed by atoms with Crippen LogP contribution >= 0.6 is 23.8 Å². The molecule has 1 aliphatic rings. The van der Waals surface area contributed by atoms with Crippen LogP contribution in [-0.2, 0) is 9.59 Å². The van der Waals surface area contributed by atoms with Crippen molar-refractivity contribution in [2.24, 2.45) is 0 Å². The van der Waals surface area contributed by atoms with Crippen molar-refractivity contribution in [3.8, 4) is 11.5 Å². The fraction of sp³-hybridized carbons (Fsp3) is 0.190. The van der Waals surface area contributed by atoms with Crippen LogP contribution in [0.2, 0.25) is 5.02 Å². The van der Waals surface area contributed by atoms with Crippen molar-refractivity contribution in [1.29, 1.82) is 0 Å². The van der Waals surface area contributed by atoms with Gasteiger partial charge in [0.05, 0.1) is 0 Å². The van der Waals surface area contributed by atoms with Crippen LogP contribution in [0.15, 0.2) is 42.0 Å². The highest BCUT2D eigenvalue weighted by atomic mass is 35.5. The molecule has 1 saturated heterocycles. The minimum absolute atomic E-state index is 0.0248. The summed E-state index contributed by atoms with van der Waals surface area (Å²) in [5.74, 6) is 0.106. The molecule has 1 heterocycles. The van der Waals surface area contributed by atoms with Gasteiger partial charge in [-0.05, 0) is 62.0 Å². The highest BCUT2D eigenvalue weighted by molar-refractivity contribution is 7.80. The molecule has 0 aromatic heterocycles. The molecule has 0 saturated carbocycles. The van der Waals surface area contributed by atoms with E-state index in [9.17, 15) is 9.59 Å². The second-order valence-corrected chi connectivity index (χ2v) is 7.29. The van der Waals surface area contributed by atoms with Gasteiger partial charge in [0.25, 0.3) is 11.8 Å². The van der Waals surface area contributed by atoms with Crippen molar-refractivity contribution in [3.05, 3.63) is 63.7 Å². The number of carbonyl (C=O) groups is 2. The normalized spacial score (nSPS) is 13.6. The van der Waals surface area contributed by atoms with Gasteiger partial charge in [0, 0.05) is 10.6 Å². The van der Waals surface area contributed by atoms with E-state index in [0.717, 1.165) is 11.3 Å². The van der Waals surface area contributed by atoms with Gasteiger partial charge in [0.2, 0.25) is 0 Å². The van der Waals surface area contributed by atoms with Crippen LogP contribution in [0, 0.1) is 13.8 Å². The average molecular weight is 431 g/mol. The minimum Gasteiger partial charge on any atom is -0.490 e. The predicted molar refractivity (Wildman–Crippen MR) is 115 cm³/mol. The third kappa shape index (κ3) is 5.34. The molecular weight excluding hydrogens is 412 g/mol. The summed E-state index contributed by atoms with van der Waals surface area (Å²) in [4.78, 5) is 24.1. The van der Waals surface area contributed by atoms with Gasteiger partial charge < -0.3 is 9.47 Å². The average Bonchev–Trinajstić information content (AvgIpc) is 2.64. The number of aryl methyl sites for hydroxylation is 2. The Bertz CT molecular complexity index is 998. The molecule has 29 heavy (non-hydrogen) atoms. The summed E-state index contributed by atoms with van der Waals surface area (Å²) in [6.45, 7) is 4.61. The molecule has 2 aromatic carbocycles. The summed E-state index contributed by atoms with van der Waals surface area (Å²) >= 11 is 10.9. The number of rotatable bonds is 6. The molecule has 0 atom stereocenters. The first-order valence-corrected chi connectivity index (χ1v) is 9.63. The summed E-state index contributed by atoms with van der Waals surface area (Å²) in [6.07, 6.45) is 1.42. The van der Waals surface area contributed by atoms with Crippen LogP contribution in [0.4, 0.5) is 0 Å². The van der Waals surface area contributed by atoms with Gasteiger partial charge in [-0.25, -0.2) is 0 Å². The lowest BCUT2D eigenvalue weighted by atomic mass is 10.1. The number of amides is 2. The zero-order chi connectivity index (χ0) is 21.0. The first-order chi connectivity index (χ1) is 13.8. The lowest BCUT2D eigenvalue weighted by molar-refractivity contribution is -0.123. The largest absolute Gasteiger partial charge is 0.490 e. The maximum Gasteiger partial charge on any atom is 0.263 e. The molecule has 150 valence electrons. The van der Waals surface area contributed by atoms with Crippen LogP contribution < -0.4 is 20.1 Å². The molecule has 2 N–H and O–H groups in total. The number of benzene rings is 2. The maximum atomic E-state index is 12.1. The van der Waals surface area contributed by atoms with Crippen molar-refractivity contribution in [2.45, 2.75) is 13.8 Å². The second-order valence-electron chi connectivity index (χ2n) is 6.44. The molecule has 6 nitrogen and oxygen atoms in total. The number of hydrogen-bond donors (Lipinski definition) is 2. The molecule has 8 heteroatoms. The van der Waals surface area contributed by atoms with E-state index >= 15 is 0 Å². The van der Waals surface area contributed by atoms with Crippen LogP contribution in [0.3, 0.4) is 0 Å². The minimum atomic E-state index is -0.581. The Morgan fingerprint density at radius 2 is 1.59 bits per heavy atom. The van der Waals surface area contributed by atoms with Crippen molar-refractivity contribution < 1.29 is 19.1 Å². The Labute approximate surface area is 178 Å². The van der Waals surface area contributed by atoms with E-state index in [1.54, 1.807) is 18.2 Å². The Morgan fingerprint density at radius 1 is 0.966 bits per heavy atom. The van der Waals surface area contributed by atoms with Gasteiger partial charge in [-0.3, -0.25) is 20.2 Å². The van der Waals surface area contributed by atoms with Crippen LogP contribution in [0.25, 0.3) is 6.08 Å². The van der Waals surface area contributed by atoms with E-state index in [1.165, 1.54) is 11.6 Å². The molecule has 1 fully saturated rings. The Hall–Kier alpha value is -2.90. The molecule has 0 aliphatic carbocycles. The Kier molecular flexibility index (Phi) is 6.51. The first kappa shape index (κ1) is 20.8. The molecule has 3 rings (SSSR count). The summed E-state index contributed by atoms with van der Waals surface area (Å²) in [7, 11) is 0. The molecule has 0 bridgehead atoms. The van der Waals surface area contributed by atoms with Gasteiger partial charge in [-0.1, -0.05) is 29.3 Å². The van der Waals surface area contributed by atoms with Gasteiger partial charge in [0.1, 0.15) is 30.3 Å². The van der Waals surface area contributed by atoms with Crippen LogP contribution in [0.5, 0.6) is 11.5 Å². The summed E-state index contributed by atoms with van der Waals surface area (Å²) in [5.41, 5.74) is 2.63. The van der Waals surface area contributed by atoms with Crippen LogP contribution in [0.1, 0.15) is 16.7 Å². The van der Waals surface area contributed by atoms with Crippen molar-refractivity contribution in [2.75, 3.05) is 13.2 Å². The Balaban J connectivity index is 1.70. The zero-order valence-electron chi connectivity index (χ0n) is 15.9. The third-order valence-electron chi connectivity index (χ3n) is 4.14. The molecule has 2 amide bonds. The van der Waals surface area contributed by atoms with Crippen LogP contribution in [-0.4, -0.2) is 30.1 Å². The zero-order valence-corrected chi connectivity index (χ0v) is 17.4. The quantitative estimate of drug-likeness (QED) is 0.318. The number of ether oxygens (including phenoxy) is 2. The fourth-order valence-corrected chi connectivity index (χ4v) is 3.16. The molecule has 1 aliphatic heterocycles. The summed E-state index contributed by atoms with van der Waals surface area (Å²) < 4.78 is 11.6. The molecule has 0 unspecified atom stereocenters. The smallest absolute Gasteiger partial charge is 0.263 e. The van der Waals surface area contributed by atoms with E-state index in [2.05, 4.69) is 10.6 Å². The topological polar surface area (TPSA) is 76.7 Å². The molecule has 2 aromatic rings. The van der Waals surface area contributed by atoms with Crippen molar-refractivity contribution in [3.63, 3.8) is 0 Å². The number of thiocarbonyl (C=S) groups is 1. The number of nitrogens with one attached hydrogen (secondary N) is 2. The van der Waals surface area contributed by atoms with E-state index in [-0.39, 0.29) is 17.3 Å². The van der Waals surface area contributed by atoms with Gasteiger partial charge in [0.15, 0.2) is 5.11 Å². The van der Waals surface area contributed by atoms with Crippen molar-refractivity contribution >= 4 is 46.8 Å². The number of hydrogen-bond acceptors (Lipinski definition) is 5. The van der Waals surface area contributed by atoms with Gasteiger partial charge in [-0.2, -0.15) is 0 Å². The molecule has 0 spiro atoms. The highest BCUT2D eigenvalue weighted by Gasteiger charge is 2.26. The van der Waals surface area contributed by atoms with E-state index < -0.39 is 11.8 Å².